The molecular weight excluding hydrogens is 447 g/mol. The van der Waals surface area contributed by atoms with Gasteiger partial charge in [-0.2, -0.15) is 0 Å². The highest BCUT2D eigenvalue weighted by atomic mass is 32.1. The highest BCUT2D eigenvalue weighted by molar-refractivity contribution is 7.20. The molecule has 1 aromatic carbocycles. The van der Waals surface area contributed by atoms with Crippen LogP contribution in [-0.4, -0.2) is 61.9 Å². The predicted octanol–water partition coefficient (Wildman–Crippen LogP) is 3.05. The van der Waals surface area contributed by atoms with E-state index >= 15 is 0 Å². The lowest BCUT2D eigenvalue weighted by Gasteiger charge is -2.28. The molecule has 0 radical (unpaired) electrons. The fourth-order valence-corrected chi connectivity index (χ4v) is 4.89. The van der Waals surface area contributed by atoms with Crippen molar-refractivity contribution in [2.24, 2.45) is 5.92 Å². The van der Waals surface area contributed by atoms with E-state index in [9.17, 15) is 14.0 Å². The van der Waals surface area contributed by atoms with Crippen LogP contribution in [0.4, 0.5) is 14.5 Å². The summed E-state index contributed by atoms with van der Waals surface area (Å²) >= 11 is 1.36. The summed E-state index contributed by atoms with van der Waals surface area (Å²) in [6, 6.07) is 6.14. The van der Waals surface area contributed by atoms with E-state index in [0.717, 1.165) is 17.0 Å². The molecule has 4 rings (SSSR count). The Balaban J connectivity index is 1.49. The number of benzene rings is 1. The number of hydrogen-bond acceptors (Lipinski definition) is 7. The van der Waals surface area contributed by atoms with Crippen molar-refractivity contribution in [3.63, 3.8) is 0 Å². The normalized spacial score (nSPS) is 18.9. The van der Waals surface area contributed by atoms with Gasteiger partial charge in [0.05, 0.1) is 13.2 Å². The van der Waals surface area contributed by atoms with E-state index in [-0.39, 0.29) is 23.5 Å². The van der Waals surface area contributed by atoms with Crippen molar-refractivity contribution in [1.82, 2.24) is 10.3 Å². The number of rotatable bonds is 7. The molecule has 2 N–H and O–H groups in total. The van der Waals surface area contributed by atoms with Gasteiger partial charge in [-0.15, -0.1) is 0 Å². The van der Waals surface area contributed by atoms with E-state index < -0.39 is 5.54 Å². The van der Waals surface area contributed by atoms with Crippen LogP contribution in [0.2, 0.25) is 0 Å². The molecule has 2 aliphatic rings. The van der Waals surface area contributed by atoms with Crippen molar-refractivity contribution in [3.05, 3.63) is 30.1 Å². The topological polar surface area (TPSA) is 92.8 Å². The number of amides is 2. The number of hydrogen-bond donors (Lipinski definition) is 2. The summed E-state index contributed by atoms with van der Waals surface area (Å²) < 4.78 is 24.2. The van der Waals surface area contributed by atoms with E-state index in [2.05, 4.69) is 20.5 Å². The molecule has 33 heavy (non-hydrogen) atoms. The average molecular weight is 477 g/mol. The maximum absolute atomic E-state index is 13.5. The number of carbonyl (C=O) groups excluding carboxylic acids is 2. The largest absolute Gasteiger partial charge is 0.381 e. The fraction of sp³-hybridized carbons (Fsp3) is 0.522. The van der Waals surface area contributed by atoms with Gasteiger partial charge >= 0.3 is 0 Å². The number of morpholine rings is 1. The summed E-state index contributed by atoms with van der Waals surface area (Å²) in [6.45, 7) is 7.21. The van der Waals surface area contributed by atoms with Gasteiger partial charge in [-0.05, 0) is 50.5 Å². The third kappa shape index (κ3) is 5.87. The molecular formula is C23H29FN4O4S. The lowest BCUT2D eigenvalue weighted by molar-refractivity contribution is -0.129. The number of thiazole rings is 1. The third-order valence-electron chi connectivity index (χ3n) is 5.76. The van der Waals surface area contributed by atoms with Crippen LogP contribution < -0.4 is 15.5 Å². The van der Waals surface area contributed by atoms with Crippen molar-refractivity contribution in [2.45, 2.75) is 32.2 Å². The Morgan fingerprint density at radius 2 is 1.91 bits per heavy atom. The second-order valence-corrected chi connectivity index (χ2v) is 9.82. The molecule has 0 saturated carbocycles. The van der Waals surface area contributed by atoms with Gasteiger partial charge in [-0.25, -0.2) is 9.37 Å². The van der Waals surface area contributed by atoms with Gasteiger partial charge in [-0.1, -0.05) is 11.3 Å². The monoisotopic (exact) mass is 476 g/mol. The first-order valence-corrected chi connectivity index (χ1v) is 11.9. The number of nitrogens with zero attached hydrogens (tertiary/aromatic N) is 2. The van der Waals surface area contributed by atoms with Crippen LogP contribution in [0.1, 0.15) is 26.7 Å². The SMILES string of the molecule is CC(C)(NC(=O)C[C@@H]1CCOC1)C(=O)Nc1nc(-c2ccc(F)cc2)c(N2CCOCC2)s1. The molecule has 0 spiro atoms. The second kappa shape index (κ2) is 10.1. The number of aromatic nitrogens is 1. The maximum Gasteiger partial charge on any atom is 0.251 e. The highest BCUT2D eigenvalue weighted by Crippen LogP contribution is 2.39. The van der Waals surface area contributed by atoms with Crippen molar-refractivity contribution >= 4 is 33.3 Å². The number of anilines is 2. The van der Waals surface area contributed by atoms with E-state index in [0.29, 0.717) is 56.8 Å². The Morgan fingerprint density at radius 3 is 2.58 bits per heavy atom. The Kier molecular flexibility index (Phi) is 7.26. The molecule has 2 aliphatic heterocycles. The maximum atomic E-state index is 13.5. The van der Waals surface area contributed by atoms with Crippen molar-refractivity contribution in [3.8, 4) is 11.3 Å². The Hall–Kier alpha value is -2.56. The number of ether oxygens (including phenoxy) is 2. The number of halogens is 1. The average Bonchev–Trinajstić information content (AvgIpc) is 3.44. The molecule has 0 unspecified atom stereocenters. The summed E-state index contributed by atoms with van der Waals surface area (Å²) in [4.78, 5) is 32.3. The molecule has 1 aromatic heterocycles. The van der Waals surface area contributed by atoms with Gasteiger partial charge in [-0.3, -0.25) is 14.9 Å². The molecule has 10 heteroatoms. The molecule has 2 saturated heterocycles. The van der Waals surface area contributed by atoms with E-state index in [1.807, 2.05) is 0 Å². The van der Waals surface area contributed by atoms with E-state index in [1.165, 1.54) is 23.5 Å². The smallest absolute Gasteiger partial charge is 0.251 e. The zero-order valence-electron chi connectivity index (χ0n) is 18.9. The quantitative estimate of drug-likeness (QED) is 0.638. The summed E-state index contributed by atoms with van der Waals surface area (Å²) in [6.07, 6.45) is 1.19. The van der Waals surface area contributed by atoms with Crippen LogP contribution in [0.3, 0.4) is 0 Å². The van der Waals surface area contributed by atoms with Gasteiger partial charge in [0.2, 0.25) is 5.91 Å². The minimum Gasteiger partial charge on any atom is -0.381 e. The van der Waals surface area contributed by atoms with Crippen molar-refractivity contribution in [2.75, 3.05) is 49.7 Å². The molecule has 2 amide bonds. The Bertz CT molecular complexity index is 983. The fourth-order valence-electron chi connectivity index (χ4n) is 3.86. The lowest BCUT2D eigenvalue weighted by atomic mass is 10.0. The summed E-state index contributed by atoms with van der Waals surface area (Å²) in [5.74, 6) is -0.661. The summed E-state index contributed by atoms with van der Waals surface area (Å²) in [5.41, 5.74) is 0.332. The lowest BCUT2D eigenvalue weighted by Crippen LogP contribution is -2.52. The molecule has 0 aliphatic carbocycles. The number of carbonyl (C=O) groups is 2. The van der Waals surface area contributed by atoms with E-state index in [1.54, 1.807) is 26.0 Å². The first-order chi connectivity index (χ1) is 15.8. The van der Waals surface area contributed by atoms with Gasteiger partial charge in [0, 0.05) is 38.3 Å². The van der Waals surface area contributed by atoms with Crippen LogP contribution in [0.15, 0.2) is 24.3 Å². The molecule has 3 heterocycles. The third-order valence-corrected chi connectivity index (χ3v) is 6.79. The zero-order valence-corrected chi connectivity index (χ0v) is 19.7. The summed E-state index contributed by atoms with van der Waals surface area (Å²) in [5, 5.41) is 7.00. The predicted molar refractivity (Wildman–Crippen MR) is 125 cm³/mol. The van der Waals surface area contributed by atoms with Crippen LogP contribution in [-0.2, 0) is 19.1 Å². The Morgan fingerprint density at radius 1 is 1.18 bits per heavy atom. The molecule has 8 nitrogen and oxygen atoms in total. The highest BCUT2D eigenvalue weighted by Gasteiger charge is 2.32. The van der Waals surface area contributed by atoms with Gasteiger partial charge in [0.25, 0.3) is 5.91 Å². The Labute approximate surface area is 196 Å². The minimum atomic E-state index is -1.11. The second-order valence-electron chi connectivity index (χ2n) is 8.84. The molecule has 178 valence electrons. The van der Waals surface area contributed by atoms with Crippen LogP contribution in [0.25, 0.3) is 11.3 Å². The van der Waals surface area contributed by atoms with Gasteiger partial charge in [0.1, 0.15) is 22.1 Å². The number of nitrogens with one attached hydrogen (secondary N) is 2. The van der Waals surface area contributed by atoms with Gasteiger partial charge < -0.3 is 19.7 Å². The van der Waals surface area contributed by atoms with Crippen LogP contribution in [0, 0.1) is 11.7 Å². The van der Waals surface area contributed by atoms with Gasteiger partial charge in [0.15, 0.2) is 5.13 Å². The van der Waals surface area contributed by atoms with Crippen LogP contribution in [0.5, 0.6) is 0 Å². The summed E-state index contributed by atoms with van der Waals surface area (Å²) in [7, 11) is 0. The first-order valence-electron chi connectivity index (χ1n) is 11.1. The van der Waals surface area contributed by atoms with Crippen LogP contribution >= 0.6 is 11.3 Å². The standard InChI is InChI=1S/C23H29FN4O4S/c1-23(2,27-18(29)13-15-7-10-32-14-15)21(30)26-22-25-19(16-3-5-17(24)6-4-16)20(33-22)28-8-11-31-12-9-28/h3-6,15H,7-14H2,1-2H3,(H,27,29)(H,25,26,30)/t15-/m0/s1. The zero-order chi connectivity index (χ0) is 23.4. The minimum absolute atomic E-state index is 0.175. The molecule has 2 fully saturated rings. The molecule has 1 atom stereocenters. The van der Waals surface area contributed by atoms with Crippen molar-refractivity contribution in [1.29, 1.82) is 0 Å². The molecule has 2 aromatic rings. The molecule has 0 bridgehead atoms. The van der Waals surface area contributed by atoms with E-state index in [4.69, 9.17) is 9.47 Å². The van der Waals surface area contributed by atoms with Crippen molar-refractivity contribution < 1.29 is 23.5 Å². The first kappa shape index (κ1) is 23.6.